The molecule has 1 heterocycles. The molecule has 0 spiro atoms. The third-order valence-corrected chi connectivity index (χ3v) is 3.85. The molecule has 3 nitrogen and oxygen atoms in total. The van der Waals surface area contributed by atoms with E-state index >= 15 is 0 Å². The average Bonchev–Trinajstić information content (AvgIpc) is 2.72. The Morgan fingerprint density at radius 3 is 2.69 bits per heavy atom. The van der Waals surface area contributed by atoms with Gasteiger partial charge in [-0.1, -0.05) is 32.1 Å². The number of rotatable bonds is 6. The monoisotopic (exact) mass is 240 g/mol. The van der Waals surface area contributed by atoms with Crippen LogP contribution in [0.1, 0.15) is 54.9 Å². The van der Waals surface area contributed by atoms with Crippen molar-refractivity contribution in [2.24, 2.45) is 0 Å². The Labute approximate surface area is 101 Å². The number of hydrogen-bond donors (Lipinski definition) is 0. The number of carbonyl (C=O) groups excluding carboxylic acids is 1. The molecule has 0 radical (unpaired) electrons. The summed E-state index contributed by atoms with van der Waals surface area (Å²) in [6, 6.07) is 0. The van der Waals surface area contributed by atoms with Crippen LogP contribution < -0.4 is 4.90 Å². The molecule has 1 rings (SSSR count). The van der Waals surface area contributed by atoms with Crippen molar-refractivity contribution < 1.29 is 4.79 Å². The molecule has 0 aliphatic carbocycles. The van der Waals surface area contributed by atoms with E-state index in [9.17, 15) is 4.79 Å². The van der Waals surface area contributed by atoms with E-state index in [1.54, 1.807) is 0 Å². The van der Waals surface area contributed by atoms with E-state index in [-0.39, 0.29) is 0 Å². The second-order valence-electron chi connectivity index (χ2n) is 4.09. The fourth-order valence-electron chi connectivity index (χ4n) is 1.56. The summed E-state index contributed by atoms with van der Waals surface area (Å²) in [6.45, 7) is 7.35. The molecule has 0 saturated heterocycles. The van der Waals surface area contributed by atoms with Crippen molar-refractivity contribution >= 4 is 22.8 Å². The van der Waals surface area contributed by atoms with Gasteiger partial charge in [0.25, 0.3) is 0 Å². The Balaban J connectivity index is 2.97. The maximum absolute atomic E-state index is 11.0. The first kappa shape index (κ1) is 13.2. The Bertz CT molecular complexity index is 349. The van der Waals surface area contributed by atoms with Crippen LogP contribution in [0.3, 0.4) is 0 Å². The number of thiazole rings is 1. The minimum absolute atomic E-state index is 0.361. The van der Waals surface area contributed by atoms with Gasteiger partial charge in [-0.25, -0.2) is 4.98 Å². The predicted molar refractivity (Wildman–Crippen MR) is 69.8 cm³/mol. The van der Waals surface area contributed by atoms with Crippen LogP contribution in [-0.4, -0.2) is 24.9 Å². The van der Waals surface area contributed by atoms with Crippen molar-refractivity contribution in [1.29, 1.82) is 0 Å². The summed E-state index contributed by atoms with van der Waals surface area (Å²) in [6.07, 6.45) is 3.04. The summed E-state index contributed by atoms with van der Waals surface area (Å²) in [5.41, 5.74) is 0.959. The van der Waals surface area contributed by atoms with Gasteiger partial charge in [0.2, 0.25) is 0 Å². The van der Waals surface area contributed by atoms with Crippen LogP contribution >= 0.6 is 11.3 Å². The molecule has 0 aromatic carbocycles. The second-order valence-corrected chi connectivity index (χ2v) is 5.10. The number of carbonyl (C=O) groups is 1. The highest BCUT2D eigenvalue weighted by molar-refractivity contribution is 7.17. The molecule has 0 aliphatic rings. The summed E-state index contributed by atoms with van der Waals surface area (Å²) in [4.78, 5) is 18.5. The van der Waals surface area contributed by atoms with Gasteiger partial charge >= 0.3 is 0 Å². The van der Waals surface area contributed by atoms with Gasteiger partial charge < -0.3 is 4.90 Å². The van der Waals surface area contributed by atoms with E-state index in [1.165, 1.54) is 11.3 Å². The summed E-state index contributed by atoms with van der Waals surface area (Å²) < 4.78 is 0. The third-order valence-electron chi connectivity index (χ3n) is 2.74. The Kier molecular flexibility index (Phi) is 4.93. The molecule has 1 aromatic heterocycles. The molecule has 0 N–H and O–H groups in total. The Morgan fingerprint density at radius 2 is 2.19 bits per heavy atom. The SMILES string of the molecule is CCCN(C)c1nc(C(C)CC)c(C=O)s1. The summed E-state index contributed by atoms with van der Waals surface area (Å²) in [5.74, 6) is 0.361. The topological polar surface area (TPSA) is 33.2 Å². The van der Waals surface area contributed by atoms with Gasteiger partial charge in [0.05, 0.1) is 10.6 Å². The third kappa shape index (κ3) is 2.82. The molecule has 0 saturated carbocycles. The van der Waals surface area contributed by atoms with Gasteiger partial charge in [0, 0.05) is 13.6 Å². The summed E-state index contributed by atoms with van der Waals surface area (Å²) in [5, 5.41) is 0.958. The van der Waals surface area contributed by atoms with Crippen LogP contribution in [-0.2, 0) is 0 Å². The van der Waals surface area contributed by atoms with Crippen molar-refractivity contribution in [3.05, 3.63) is 10.6 Å². The van der Waals surface area contributed by atoms with Crippen molar-refractivity contribution in [2.75, 3.05) is 18.5 Å². The maximum atomic E-state index is 11.0. The molecule has 16 heavy (non-hydrogen) atoms. The van der Waals surface area contributed by atoms with Gasteiger partial charge in [0.1, 0.15) is 0 Å². The standard InChI is InChI=1S/C12H20N2OS/c1-5-7-14(4)12-13-11(9(3)6-2)10(8-15)16-12/h8-9H,5-7H2,1-4H3. The van der Waals surface area contributed by atoms with Crippen LogP contribution in [0.15, 0.2) is 0 Å². The molecule has 4 heteroatoms. The first-order valence-electron chi connectivity index (χ1n) is 5.81. The molecule has 0 amide bonds. The highest BCUT2D eigenvalue weighted by Crippen LogP contribution is 2.30. The van der Waals surface area contributed by atoms with Crippen LogP contribution in [0, 0.1) is 0 Å². The van der Waals surface area contributed by atoms with Gasteiger partial charge in [-0.2, -0.15) is 0 Å². The number of anilines is 1. The zero-order chi connectivity index (χ0) is 12.1. The van der Waals surface area contributed by atoms with Crippen LogP contribution in [0.25, 0.3) is 0 Å². The van der Waals surface area contributed by atoms with E-state index in [0.717, 1.165) is 41.4 Å². The highest BCUT2D eigenvalue weighted by atomic mass is 32.1. The smallest absolute Gasteiger partial charge is 0.185 e. The molecule has 90 valence electrons. The molecule has 1 atom stereocenters. The molecule has 1 aromatic rings. The molecule has 0 aliphatic heterocycles. The lowest BCUT2D eigenvalue weighted by Gasteiger charge is -2.13. The predicted octanol–water partition coefficient (Wildman–Crippen LogP) is 3.32. The van der Waals surface area contributed by atoms with Gasteiger partial charge in [-0.05, 0) is 18.8 Å². The molecular formula is C12H20N2OS. The number of aldehydes is 1. The van der Waals surface area contributed by atoms with Crippen molar-refractivity contribution in [1.82, 2.24) is 4.98 Å². The molecule has 1 unspecified atom stereocenters. The van der Waals surface area contributed by atoms with Crippen molar-refractivity contribution in [2.45, 2.75) is 39.5 Å². The first-order valence-corrected chi connectivity index (χ1v) is 6.62. The van der Waals surface area contributed by atoms with E-state index in [2.05, 4.69) is 30.7 Å². The highest BCUT2D eigenvalue weighted by Gasteiger charge is 2.17. The summed E-state index contributed by atoms with van der Waals surface area (Å²) in [7, 11) is 2.03. The number of hydrogen-bond acceptors (Lipinski definition) is 4. The van der Waals surface area contributed by atoms with Crippen LogP contribution in [0.2, 0.25) is 0 Å². The van der Waals surface area contributed by atoms with E-state index in [1.807, 2.05) is 7.05 Å². The van der Waals surface area contributed by atoms with Crippen molar-refractivity contribution in [3.8, 4) is 0 Å². The minimum atomic E-state index is 0.361. The maximum Gasteiger partial charge on any atom is 0.185 e. The molecular weight excluding hydrogens is 220 g/mol. The average molecular weight is 240 g/mol. The zero-order valence-electron chi connectivity index (χ0n) is 10.5. The quantitative estimate of drug-likeness (QED) is 0.715. The number of aromatic nitrogens is 1. The van der Waals surface area contributed by atoms with Gasteiger partial charge in [0.15, 0.2) is 11.4 Å². The summed E-state index contributed by atoms with van der Waals surface area (Å²) >= 11 is 1.50. The van der Waals surface area contributed by atoms with E-state index in [4.69, 9.17) is 0 Å². The number of nitrogens with zero attached hydrogens (tertiary/aromatic N) is 2. The second kappa shape index (κ2) is 5.99. The molecule has 0 fully saturated rings. The van der Waals surface area contributed by atoms with Gasteiger partial charge in [-0.3, -0.25) is 4.79 Å². The lowest BCUT2D eigenvalue weighted by molar-refractivity contribution is 0.112. The first-order chi connectivity index (χ1) is 7.63. The van der Waals surface area contributed by atoms with Crippen molar-refractivity contribution in [3.63, 3.8) is 0 Å². The Morgan fingerprint density at radius 1 is 1.50 bits per heavy atom. The fraction of sp³-hybridized carbons (Fsp3) is 0.667. The zero-order valence-corrected chi connectivity index (χ0v) is 11.3. The molecule has 0 bridgehead atoms. The van der Waals surface area contributed by atoms with Crippen LogP contribution in [0.5, 0.6) is 0 Å². The minimum Gasteiger partial charge on any atom is -0.351 e. The lowest BCUT2D eigenvalue weighted by atomic mass is 10.0. The fourth-order valence-corrected chi connectivity index (χ4v) is 2.54. The van der Waals surface area contributed by atoms with Gasteiger partial charge in [-0.15, -0.1) is 0 Å². The largest absolute Gasteiger partial charge is 0.351 e. The lowest BCUT2D eigenvalue weighted by Crippen LogP contribution is -2.17. The van der Waals surface area contributed by atoms with Crippen LogP contribution in [0.4, 0.5) is 5.13 Å². The Hall–Kier alpha value is -0.900. The van der Waals surface area contributed by atoms with E-state index < -0.39 is 0 Å². The van der Waals surface area contributed by atoms with E-state index in [0.29, 0.717) is 5.92 Å². The normalized spacial score (nSPS) is 12.5.